The molecule has 0 aliphatic rings. The largest absolute Gasteiger partial charge is 0.466 e. The van der Waals surface area contributed by atoms with Gasteiger partial charge < -0.3 is 34.4 Å². The van der Waals surface area contributed by atoms with E-state index in [2.05, 4.69) is 0 Å². The van der Waals surface area contributed by atoms with Crippen molar-refractivity contribution >= 4 is 7.82 Å². The maximum absolute atomic E-state index is 8.92. The first-order valence-electron chi connectivity index (χ1n) is 5.36. The van der Waals surface area contributed by atoms with Gasteiger partial charge in [0.2, 0.25) is 0 Å². The predicted molar refractivity (Wildman–Crippen MR) is 63.9 cm³/mol. The summed E-state index contributed by atoms with van der Waals surface area (Å²) in [7, 11) is -4.64. The molecule has 112 valence electrons. The molecule has 3 unspecified atom stereocenters. The van der Waals surface area contributed by atoms with Crippen LogP contribution < -0.4 is 0 Å². The average molecular weight is 290 g/mol. The van der Waals surface area contributed by atoms with Crippen molar-refractivity contribution in [2.75, 3.05) is 19.8 Å². The summed E-state index contributed by atoms with van der Waals surface area (Å²) in [5, 5.41) is 17.6. The number of rotatable bonds is 7. The second-order valence-electron chi connectivity index (χ2n) is 3.83. The molecule has 0 saturated heterocycles. The molecule has 9 heteroatoms. The zero-order valence-electron chi connectivity index (χ0n) is 10.8. The van der Waals surface area contributed by atoms with Crippen LogP contribution in [0.15, 0.2) is 0 Å². The van der Waals surface area contributed by atoms with Gasteiger partial charge in [0.15, 0.2) is 0 Å². The van der Waals surface area contributed by atoms with Crippen molar-refractivity contribution in [2.24, 2.45) is 0 Å². The molecule has 0 fully saturated rings. The molecule has 0 aromatic heterocycles. The highest BCUT2D eigenvalue weighted by molar-refractivity contribution is 7.45. The minimum absolute atomic E-state index is 0.0170. The summed E-state index contributed by atoms with van der Waals surface area (Å²) in [6, 6.07) is 0. The van der Waals surface area contributed by atoms with Gasteiger partial charge in [0.05, 0.1) is 38.1 Å². The Hall–Kier alpha value is -0.0500. The van der Waals surface area contributed by atoms with Crippen molar-refractivity contribution in [1.29, 1.82) is 0 Å². The van der Waals surface area contributed by atoms with Crippen molar-refractivity contribution in [1.82, 2.24) is 0 Å². The van der Waals surface area contributed by atoms with Gasteiger partial charge in [-0.05, 0) is 20.8 Å². The fraction of sp³-hybridized carbons (Fsp3) is 1.00. The minimum Gasteiger partial charge on any atom is -0.394 e. The van der Waals surface area contributed by atoms with E-state index in [1.54, 1.807) is 13.8 Å². The maximum Gasteiger partial charge on any atom is 0.466 e. The summed E-state index contributed by atoms with van der Waals surface area (Å²) in [5.41, 5.74) is 0. The molecule has 0 aromatic rings. The zero-order valence-corrected chi connectivity index (χ0v) is 11.7. The third-order valence-corrected chi connectivity index (χ3v) is 1.49. The lowest BCUT2D eigenvalue weighted by molar-refractivity contribution is -0.0620. The normalized spacial score (nSPS) is 16.4. The third kappa shape index (κ3) is 25.0. The van der Waals surface area contributed by atoms with E-state index in [0.717, 1.165) is 0 Å². The van der Waals surface area contributed by atoms with Crippen LogP contribution in [0.5, 0.6) is 0 Å². The van der Waals surface area contributed by atoms with Crippen LogP contribution in [0.4, 0.5) is 0 Å². The zero-order chi connectivity index (χ0) is 14.8. The molecule has 0 heterocycles. The van der Waals surface area contributed by atoms with E-state index >= 15 is 0 Å². The average Bonchev–Trinajstić information content (AvgIpc) is 2.20. The van der Waals surface area contributed by atoms with Crippen LogP contribution in [0.3, 0.4) is 0 Å². The molecule has 0 spiro atoms. The number of hydrogen-bond donors (Lipinski definition) is 5. The van der Waals surface area contributed by atoms with Gasteiger partial charge in [-0.2, -0.15) is 0 Å². The Morgan fingerprint density at radius 3 is 1.72 bits per heavy atom. The number of phosphoric acid groups is 1. The molecule has 0 rings (SSSR count). The van der Waals surface area contributed by atoms with Gasteiger partial charge in [0.1, 0.15) is 0 Å². The van der Waals surface area contributed by atoms with E-state index < -0.39 is 13.9 Å². The first kappa shape index (κ1) is 20.3. The molecule has 18 heavy (non-hydrogen) atoms. The van der Waals surface area contributed by atoms with E-state index in [4.69, 9.17) is 38.9 Å². The molecule has 0 bridgehead atoms. The number of ether oxygens (including phenoxy) is 2. The maximum atomic E-state index is 8.92. The van der Waals surface area contributed by atoms with Gasteiger partial charge in [0.25, 0.3) is 0 Å². The van der Waals surface area contributed by atoms with Gasteiger partial charge in [-0.1, -0.05) is 0 Å². The highest BCUT2D eigenvalue weighted by Crippen LogP contribution is 2.25. The van der Waals surface area contributed by atoms with Crippen molar-refractivity contribution < 1.29 is 38.9 Å². The van der Waals surface area contributed by atoms with E-state index in [1.165, 1.54) is 0 Å². The lowest BCUT2D eigenvalue weighted by Gasteiger charge is -2.16. The van der Waals surface area contributed by atoms with Crippen LogP contribution in [0.1, 0.15) is 20.8 Å². The topological polar surface area (TPSA) is 137 Å². The molecule has 3 atom stereocenters. The van der Waals surface area contributed by atoms with Crippen LogP contribution in [-0.2, 0) is 14.0 Å². The summed E-state index contributed by atoms with van der Waals surface area (Å²) in [5.74, 6) is 0. The van der Waals surface area contributed by atoms with Gasteiger partial charge in [-0.15, -0.1) is 0 Å². The van der Waals surface area contributed by atoms with Gasteiger partial charge in [-0.3, -0.25) is 0 Å². The van der Waals surface area contributed by atoms with E-state index in [0.29, 0.717) is 13.2 Å². The fourth-order valence-electron chi connectivity index (χ4n) is 0.704. The van der Waals surface area contributed by atoms with E-state index in [1.807, 2.05) is 6.92 Å². The molecule has 0 aliphatic carbocycles. The Bertz CT molecular complexity index is 220. The van der Waals surface area contributed by atoms with Crippen LogP contribution in [0.25, 0.3) is 0 Å². The Morgan fingerprint density at radius 1 is 1.00 bits per heavy atom. The van der Waals surface area contributed by atoms with Gasteiger partial charge >= 0.3 is 7.82 Å². The summed E-state index contributed by atoms with van der Waals surface area (Å²) in [4.78, 5) is 21.6. The van der Waals surface area contributed by atoms with Gasteiger partial charge in [-0.25, -0.2) is 4.57 Å². The highest BCUT2D eigenvalue weighted by atomic mass is 31.2. The van der Waals surface area contributed by atoms with Crippen LogP contribution in [-0.4, -0.2) is 63.0 Å². The van der Waals surface area contributed by atoms with Crippen LogP contribution in [0.2, 0.25) is 0 Å². The summed E-state index contributed by atoms with van der Waals surface area (Å²) in [6.45, 7) is 6.10. The fourth-order valence-corrected chi connectivity index (χ4v) is 0.704. The Labute approximate surface area is 106 Å². The summed E-state index contributed by atoms with van der Waals surface area (Å²) in [6.07, 6.45) is -0.654. The second kappa shape index (κ2) is 10.8. The van der Waals surface area contributed by atoms with Crippen molar-refractivity contribution in [3.8, 4) is 0 Å². The molecule has 0 amide bonds. The first-order chi connectivity index (χ1) is 8.06. The molecule has 0 radical (unpaired) electrons. The number of aliphatic hydroxyl groups is 2. The SMILES string of the molecule is CC(O)COC(C)COC(C)CO.O=P(O)(O)O. The van der Waals surface area contributed by atoms with Crippen molar-refractivity contribution in [2.45, 2.75) is 39.1 Å². The predicted octanol–water partition coefficient (Wildman–Crippen LogP) is -0.759. The highest BCUT2D eigenvalue weighted by Gasteiger charge is 2.07. The smallest absolute Gasteiger partial charge is 0.394 e. The molecular formula is C9H23O8P. The minimum atomic E-state index is -4.64. The van der Waals surface area contributed by atoms with E-state index in [-0.39, 0.29) is 18.8 Å². The van der Waals surface area contributed by atoms with Crippen LogP contribution in [0, 0.1) is 0 Å². The summed E-state index contributed by atoms with van der Waals surface area (Å²) < 4.78 is 19.4. The Balaban J connectivity index is 0. The molecular weight excluding hydrogens is 267 g/mol. The monoisotopic (exact) mass is 290 g/mol. The lowest BCUT2D eigenvalue weighted by Crippen LogP contribution is -2.24. The standard InChI is InChI=1S/C9H20O4.H3O4P/c1-7(11)5-12-9(3)6-13-8(2)4-10;1-5(2,3)4/h7-11H,4-6H2,1-3H3;(H3,1,2,3,4). The Morgan fingerprint density at radius 2 is 1.39 bits per heavy atom. The molecule has 0 aromatic carbocycles. The van der Waals surface area contributed by atoms with Crippen molar-refractivity contribution in [3.63, 3.8) is 0 Å². The van der Waals surface area contributed by atoms with Crippen molar-refractivity contribution in [3.05, 3.63) is 0 Å². The lowest BCUT2D eigenvalue weighted by atomic mass is 10.4. The van der Waals surface area contributed by atoms with Crippen LogP contribution >= 0.6 is 7.82 Å². The third-order valence-electron chi connectivity index (χ3n) is 1.49. The van der Waals surface area contributed by atoms with Gasteiger partial charge in [0, 0.05) is 0 Å². The number of hydrogen-bond acceptors (Lipinski definition) is 5. The summed E-state index contributed by atoms with van der Waals surface area (Å²) >= 11 is 0. The first-order valence-corrected chi connectivity index (χ1v) is 6.93. The molecule has 0 saturated carbocycles. The van der Waals surface area contributed by atoms with E-state index in [9.17, 15) is 0 Å². The molecule has 0 aliphatic heterocycles. The second-order valence-corrected chi connectivity index (χ2v) is 4.86. The molecule has 5 N–H and O–H groups in total. The molecule has 8 nitrogen and oxygen atoms in total. The number of aliphatic hydroxyl groups excluding tert-OH is 2. The Kier molecular flexibility index (Phi) is 12.2. The quantitative estimate of drug-likeness (QED) is 0.386.